The molecule has 0 bridgehead atoms. The van der Waals surface area contributed by atoms with E-state index in [2.05, 4.69) is 0 Å². The van der Waals surface area contributed by atoms with E-state index in [1.165, 1.54) is 18.2 Å². The lowest BCUT2D eigenvalue weighted by atomic mass is 10.1. The minimum atomic E-state index is -0.450. The molecule has 1 atom stereocenters. The molecule has 6 heteroatoms. The van der Waals surface area contributed by atoms with E-state index in [1.807, 2.05) is 0 Å². The molecule has 2 saturated heterocycles. The molecule has 0 spiro atoms. The van der Waals surface area contributed by atoms with Crippen LogP contribution in [0.4, 0.5) is 14.9 Å². The van der Waals surface area contributed by atoms with Crippen LogP contribution in [0.1, 0.15) is 6.42 Å². The summed E-state index contributed by atoms with van der Waals surface area (Å²) >= 11 is 1.76. The zero-order valence-corrected chi connectivity index (χ0v) is 11.0. The third-order valence-corrected chi connectivity index (χ3v) is 4.48. The number of halogens is 1. The molecular weight excluding hydrogens is 267 g/mol. The topological polar surface area (TPSA) is 40.6 Å². The SMILES string of the molecule is O=C1CC2CSCCN2C(=O)N1c1cccc(F)c1. The smallest absolute Gasteiger partial charge is 0.319 e. The van der Waals surface area contributed by atoms with Crippen molar-refractivity contribution < 1.29 is 14.0 Å². The monoisotopic (exact) mass is 280 g/mol. The number of nitrogens with zero attached hydrogens (tertiary/aromatic N) is 2. The van der Waals surface area contributed by atoms with Crippen LogP contribution in [0.25, 0.3) is 0 Å². The Hall–Kier alpha value is -1.56. The van der Waals surface area contributed by atoms with Gasteiger partial charge >= 0.3 is 6.03 Å². The van der Waals surface area contributed by atoms with Crippen LogP contribution < -0.4 is 4.90 Å². The Morgan fingerprint density at radius 1 is 1.32 bits per heavy atom. The lowest BCUT2D eigenvalue weighted by molar-refractivity contribution is -0.120. The van der Waals surface area contributed by atoms with E-state index in [0.29, 0.717) is 18.7 Å². The summed E-state index contributed by atoms with van der Waals surface area (Å²) in [5, 5.41) is 0. The Labute approximate surface area is 114 Å². The molecule has 19 heavy (non-hydrogen) atoms. The molecule has 3 amide bonds. The quantitative estimate of drug-likeness (QED) is 0.791. The minimum Gasteiger partial charge on any atom is -0.319 e. The Balaban J connectivity index is 1.93. The number of carbonyl (C=O) groups excluding carboxylic acids is 2. The van der Waals surface area contributed by atoms with Crippen LogP contribution in [0.2, 0.25) is 0 Å². The summed E-state index contributed by atoms with van der Waals surface area (Å²) < 4.78 is 13.2. The fourth-order valence-corrected chi connectivity index (χ4v) is 3.54. The van der Waals surface area contributed by atoms with Gasteiger partial charge in [0, 0.05) is 24.5 Å². The lowest BCUT2D eigenvalue weighted by Gasteiger charge is -2.42. The van der Waals surface area contributed by atoms with Crippen molar-refractivity contribution in [3.8, 4) is 0 Å². The summed E-state index contributed by atoms with van der Waals surface area (Å²) in [5.41, 5.74) is 0.312. The molecular formula is C13H13FN2O2S. The second kappa shape index (κ2) is 4.85. The van der Waals surface area contributed by atoms with Gasteiger partial charge in [0.1, 0.15) is 5.82 Å². The van der Waals surface area contributed by atoms with Gasteiger partial charge in [0.25, 0.3) is 0 Å². The van der Waals surface area contributed by atoms with E-state index in [9.17, 15) is 14.0 Å². The van der Waals surface area contributed by atoms with E-state index in [-0.39, 0.29) is 18.0 Å². The molecule has 4 nitrogen and oxygen atoms in total. The first-order valence-corrected chi connectivity index (χ1v) is 7.29. The van der Waals surface area contributed by atoms with E-state index in [4.69, 9.17) is 0 Å². The number of amides is 3. The number of anilines is 1. The molecule has 0 radical (unpaired) electrons. The number of fused-ring (bicyclic) bond motifs is 1. The third kappa shape index (κ3) is 2.20. The number of urea groups is 1. The first-order valence-electron chi connectivity index (χ1n) is 6.13. The van der Waals surface area contributed by atoms with Crippen LogP contribution >= 0.6 is 11.8 Å². The molecule has 2 fully saturated rings. The highest BCUT2D eigenvalue weighted by atomic mass is 32.2. The molecule has 0 aromatic heterocycles. The van der Waals surface area contributed by atoms with Gasteiger partial charge in [-0.05, 0) is 18.2 Å². The van der Waals surface area contributed by atoms with Gasteiger partial charge in [0.05, 0.1) is 11.7 Å². The number of benzene rings is 1. The van der Waals surface area contributed by atoms with Crippen molar-refractivity contribution in [1.82, 2.24) is 4.90 Å². The van der Waals surface area contributed by atoms with E-state index < -0.39 is 5.82 Å². The molecule has 100 valence electrons. The molecule has 0 aliphatic carbocycles. The van der Waals surface area contributed by atoms with Crippen molar-refractivity contribution in [3.05, 3.63) is 30.1 Å². The second-order valence-electron chi connectivity index (χ2n) is 4.62. The fourth-order valence-electron chi connectivity index (χ4n) is 2.47. The van der Waals surface area contributed by atoms with Crippen LogP contribution in [0.5, 0.6) is 0 Å². The minimum absolute atomic E-state index is 0.0106. The normalized spacial score (nSPS) is 23.5. The summed E-state index contributed by atoms with van der Waals surface area (Å²) in [5.74, 6) is 0.982. The highest BCUT2D eigenvalue weighted by Crippen LogP contribution is 2.29. The van der Waals surface area contributed by atoms with Gasteiger partial charge in [-0.3, -0.25) is 4.79 Å². The summed E-state index contributed by atoms with van der Waals surface area (Å²) in [4.78, 5) is 27.3. The van der Waals surface area contributed by atoms with Crippen LogP contribution in [-0.2, 0) is 4.79 Å². The number of carbonyl (C=O) groups is 2. The molecule has 0 N–H and O–H groups in total. The maximum atomic E-state index is 13.2. The standard InChI is InChI=1S/C13H13FN2O2S/c14-9-2-1-3-10(6-9)16-12(17)7-11-8-19-5-4-15(11)13(16)18/h1-3,6,11H,4-5,7-8H2. The highest BCUT2D eigenvalue weighted by molar-refractivity contribution is 7.99. The van der Waals surface area contributed by atoms with Crippen molar-refractivity contribution in [2.24, 2.45) is 0 Å². The fraction of sp³-hybridized carbons (Fsp3) is 0.385. The summed E-state index contributed by atoms with van der Waals surface area (Å²) in [6.07, 6.45) is 0.315. The Morgan fingerprint density at radius 3 is 2.95 bits per heavy atom. The largest absolute Gasteiger partial charge is 0.331 e. The Bertz CT molecular complexity index is 537. The van der Waals surface area contributed by atoms with Crippen LogP contribution in [-0.4, -0.2) is 40.9 Å². The summed E-state index contributed by atoms with van der Waals surface area (Å²) in [6, 6.07) is 5.26. The van der Waals surface area contributed by atoms with Crippen molar-refractivity contribution in [1.29, 1.82) is 0 Å². The number of imide groups is 1. The summed E-state index contributed by atoms with van der Waals surface area (Å²) in [6.45, 7) is 0.646. The average molecular weight is 280 g/mol. The van der Waals surface area contributed by atoms with Gasteiger partial charge in [0.2, 0.25) is 5.91 Å². The average Bonchev–Trinajstić information content (AvgIpc) is 2.39. The maximum absolute atomic E-state index is 13.2. The molecule has 1 aromatic carbocycles. The Morgan fingerprint density at radius 2 is 2.16 bits per heavy atom. The van der Waals surface area contributed by atoms with Crippen molar-refractivity contribution >= 4 is 29.4 Å². The number of hydrogen-bond acceptors (Lipinski definition) is 3. The van der Waals surface area contributed by atoms with Gasteiger partial charge in [-0.15, -0.1) is 0 Å². The number of hydrogen-bond donors (Lipinski definition) is 0. The first-order chi connectivity index (χ1) is 9.16. The summed E-state index contributed by atoms with van der Waals surface area (Å²) in [7, 11) is 0. The van der Waals surface area contributed by atoms with Gasteiger partial charge in [-0.2, -0.15) is 11.8 Å². The van der Waals surface area contributed by atoms with E-state index in [1.54, 1.807) is 22.7 Å². The van der Waals surface area contributed by atoms with Gasteiger partial charge < -0.3 is 4.90 Å². The molecule has 0 saturated carbocycles. The van der Waals surface area contributed by atoms with Gasteiger partial charge in [0.15, 0.2) is 0 Å². The highest BCUT2D eigenvalue weighted by Gasteiger charge is 2.40. The van der Waals surface area contributed by atoms with E-state index in [0.717, 1.165) is 16.4 Å². The zero-order valence-electron chi connectivity index (χ0n) is 10.2. The third-order valence-electron chi connectivity index (χ3n) is 3.39. The van der Waals surface area contributed by atoms with Crippen molar-refractivity contribution in [2.45, 2.75) is 12.5 Å². The van der Waals surface area contributed by atoms with Crippen molar-refractivity contribution in [2.75, 3.05) is 23.0 Å². The number of thioether (sulfide) groups is 1. The molecule has 1 aromatic rings. The molecule has 3 rings (SSSR count). The predicted octanol–water partition coefficient (Wildman–Crippen LogP) is 2.10. The van der Waals surface area contributed by atoms with Crippen molar-refractivity contribution in [3.63, 3.8) is 0 Å². The van der Waals surface area contributed by atoms with Gasteiger partial charge in [-0.25, -0.2) is 14.1 Å². The lowest BCUT2D eigenvalue weighted by Crippen LogP contribution is -2.59. The van der Waals surface area contributed by atoms with Crippen LogP contribution in [0.3, 0.4) is 0 Å². The second-order valence-corrected chi connectivity index (χ2v) is 5.77. The zero-order chi connectivity index (χ0) is 13.4. The van der Waals surface area contributed by atoms with Crippen LogP contribution in [0, 0.1) is 5.82 Å². The number of rotatable bonds is 1. The predicted molar refractivity (Wildman–Crippen MR) is 71.7 cm³/mol. The van der Waals surface area contributed by atoms with Crippen LogP contribution in [0.15, 0.2) is 24.3 Å². The van der Waals surface area contributed by atoms with E-state index >= 15 is 0 Å². The maximum Gasteiger partial charge on any atom is 0.331 e. The first kappa shape index (κ1) is 12.5. The molecule has 1 unspecified atom stereocenters. The molecule has 2 aliphatic rings. The Kier molecular flexibility index (Phi) is 3.18. The molecule has 2 heterocycles. The molecule has 2 aliphatic heterocycles. The van der Waals surface area contributed by atoms with Gasteiger partial charge in [-0.1, -0.05) is 6.07 Å².